The summed E-state index contributed by atoms with van der Waals surface area (Å²) < 4.78 is 24.0. The van der Waals surface area contributed by atoms with E-state index in [2.05, 4.69) is 0 Å². The molecule has 3 aliphatic rings. The highest BCUT2D eigenvalue weighted by Gasteiger charge is 2.48. The summed E-state index contributed by atoms with van der Waals surface area (Å²) in [7, 11) is -3.14. The zero-order valence-electron chi connectivity index (χ0n) is 17.0. The van der Waals surface area contributed by atoms with Gasteiger partial charge in [0, 0.05) is 25.6 Å². The van der Waals surface area contributed by atoms with Crippen molar-refractivity contribution in [2.75, 3.05) is 18.1 Å². The molecule has 1 aliphatic carbocycles. The Kier molecular flexibility index (Phi) is 5.95. The standard InChI is InChI=1S/C22H28N2O5S/c25-20(10-12-23-21(26)18-8-4-5-9-19(18)22(23)27)24(14-16-6-2-1-3-7-16)17-11-13-30(28,29)15-17/h1-3,6-7,17-19H,4-5,8-15H2/t17-,18-,19-/m1/s1. The molecule has 1 aromatic carbocycles. The van der Waals surface area contributed by atoms with E-state index in [0.717, 1.165) is 31.2 Å². The van der Waals surface area contributed by atoms with Gasteiger partial charge in [-0.2, -0.15) is 0 Å². The van der Waals surface area contributed by atoms with E-state index in [0.29, 0.717) is 13.0 Å². The maximum absolute atomic E-state index is 13.1. The summed E-state index contributed by atoms with van der Waals surface area (Å²) in [5.41, 5.74) is 0.925. The van der Waals surface area contributed by atoms with Gasteiger partial charge in [-0.15, -0.1) is 0 Å². The molecule has 3 atom stereocenters. The molecule has 0 spiro atoms. The van der Waals surface area contributed by atoms with Gasteiger partial charge in [0.15, 0.2) is 9.84 Å². The molecule has 162 valence electrons. The maximum Gasteiger partial charge on any atom is 0.233 e. The lowest BCUT2D eigenvalue weighted by atomic mass is 9.81. The third-order valence-corrected chi connectivity index (χ3v) is 8.40. The summed E-state index contributed by atoms with van der Waals surface area (Å²) in [4.78, 5) is 41.3. The third kappa shape index (κ3) is 4.29. The highest BCUT2D eigenvalue weighted by molar-refractivity contribution is 7.91. The number of sulfone groups is 1. The van der Waals surface area contributed by atoms with Crippen molar-refractivity contribution in [3.63, 3.8) is 0 Å². The Morgan fingerprint density at radius 1 is 1.00 bits per heavy atom. The number of hydrogen-bond donors (Lipinski definition) is 0. The molecule has 0 radical (unpaired) electrons. The van der Waals surface area contributed by atoms with E-state index < -0.39 is 9.84 Å². The molecule has 0 bridgehead atoms. The average molecular weight is 433 g/mol. The molecule has 0 aromatic heterocycles. The zero-order valence-corrected chi connectivity index (χ0v) is 17.9. The number of carbonyl (C=O) groups excluding carboxylic acids is 3. The number of nitrogens with zero attached hydrogens (tertiary/aromatic N) is 2. The normalized spacial score (nSPS) is 27.9. The molecule has 0 N–H and O–H groups in total. The SMILES string of the molecule is O=C1[C@@H]2CCCC[C@H]2C(=O)N1CCC(=O)N(Cc1ccccc1)[C@@H]1CCS(=O)(=O)C1. The van der Waals surface area contributed by atoms with Crippen LogP contribution < -0.4 is 0 Å². The van der Waals surface area contributed by atoms with Crippen LogP contribution in [-0.4, -0.2) is 60.0 Å². The van der Waals surface area contributed by atoms with Gasteiger partial charge in [0.1, 0.15) is 0 Å². The van der Waals surface area contributed by atoms with Gasteiger partial charge in [0.05, 0.1) is 23.3 Å². The summed E-state index contributed by atoms with van der Waals surface area (Å²) in [6, 6.07) is 9.10. The van der Waals surface area contributed by atoms with E-state index >= 15 is 0 Å². The van der Waals surface area contributed by atoms with E-state index in [1.54, 1.807) is 4.90 Å². The van der Waals surface area contributed by atoms with Gasteiger partial charge in [-0.1, -0.05) is 43.2 Å². The Hall–Kier alpha value is -2.22. The number of likely N-dealkylation sites (tertiary alicyclic amines) is 1. The lowest BCUT2D eigenvalue weighted by Gasteiger charge is -2.29. The topological polar surface area (TPSA) is 91.8 Å². The van der Waals surface area contributed by atoms with Gasteiger partial charge in [-0.25, -0.2) is 8.42 Å². The Labute approximate surface area is 177 Å². The van der Waals surface area contributed by atoms with Crippen molar-refractivity contribution in [2.24, 2.45) is 11.8 Å². The summed E-state index contributed by atoms with van der Waals surface area (Å²) in [5, 5.41) is 0. The average Bonchev–Trinajstić information content (AvgIpc) is 3.22. The fraction of sp³-hybridized carbons (Fsp3) is 0.591. The van der Waals surface area contributed by atoms with Crippen LogP contribution in [0.1, 0.15) is 44.1 Å². The number of carbonyl (C=O) groups is 3. The monoisotopic (exact) mass is 432 g/mol. The minimum absolute atomic E-state index is 0.0281. The fourth-order valence-electron chi connectivity index (χ4n) is 5.02. The minimum atomic E-state index is -3.14. The van der Waals surface area contributed by atoms with Crippen molar-refractivity contribution >= 4 is 27.6 Å². The van der Waals surface area contributed by atoms with Crippen LogP contribution in [0.3, 0.4) is 0 Å². The Balaban J connectivity index is 1.45. The largest absolute Gasteiger partial charge is 0.334 e. The molecule has 2 aliphatic heterocycles. The first-order valence-electron chi connectivity index (χ1n) is 10.7. The van der Waals surface area contributed by atoms with Gasteiger partial charge < -0.3 is 4.90 Å². The van der Waals surface area contributed by atoms with Gasteiger partial charge in [-0.3, -0.25) is 19.3 Å². The lowest BCUT2D eigenvalue weighted by Crippen LogP contribution is -2.42. The molecule has 1 aromatic rings. The number of imide groups is 1. The number of rotatable bonds is 6. The zero-order chi connectivity index (χ0) is 21.3. The number of fused-ring (bicyclic) bond motifs is 1. The summed E-state index contributed by atoms with van der Waals surface area (Å²) in [6.45, 7) is 0.404. The predicted octanol–water partition coefficient (Wildman–Crippen LogP) is 1.77. The summed E-state index contributed by atoms with van der Waals surface area (Å²) >= 11 is 0. The number of hydrogen-bond acceptors (Lipinski definition) is 5. The minimum Gasteiger partial charge on any atom is -0.334 e. The molecule has 4 rings (SSSR count). The molecule has 1 saturated carbocycles. The lowest BCUT2D eigenvalue weighted by molar-refractivity contribution is -0.141. The van der Waals surface area contributed by atoms with Crippen LogP contribution in [0, 0.1) is 11.8 Å². The molecular weight excluding hydrogens is 404 g/mol. The third-order valence-electron chi connectivity index (χ3n) is 6.65. The van der Waals surface area contributed by atoms with Crippen molar-refractivity contribution in [3.05, 3.63) is 35.9 Å². The van der Waals surface area contributed by atoms with Crippen LogP contribution in [0.25, 0.3) is 0 Å². The van der Waals surface area contributed by atoms with E-state index in [1.807, 2.05) is 30.3 Å². The summed E-state index contributed by atoms with van der Waals surface area (Å²) in [5.74, 6) is -0.883. The van der Waals surface area contributed by atoms with Crippen LogP contribution in [0.5, 0.6) is 0 Å². The predicted molar refractivity (Wildman–Crippen MR) is 111 cm³/mol. The van der Waals surface area contributed by atoms with E-state index in [1.165, 1.54) is 4.90 Å². The van der Waals surface area contributed by atoms with Crippen LogP contribution >= 0.6 is 0 Å². The first kappa shape index (κ1) is 21.0. The van der Waals surface area contributed by atoms with Crippen LogP contribution in [0.2, 0.25) is 0 Å². The van der Waals surface area contributed by atoms with Crippen molar-refractivity contribution < 1.29 is 22.8 Å². The molecule has 0 unspecified atom stereocenters. The van der Waals surface area contributed by atoms with Crippen LogP contribution in [-0.2, 0) is 30.8 Å². The first-order valence-corrected chi connectivity index (χ1v) is 12.6. The highest BCUT2D eigenvalue weighted by Crippen LogP contribution is 2.38. The van der Waals surface area contributed by atoms with E-state index in [4.69, 9.17) is 0 Å². The van der Waals surface area contributed by atoms with E-state index in [9.17, 15) is 22.8 Å². The molecule has 3 fully saturated rings. The van der Waals surface area contributed by atoms with Crippen LogP contribution in [0.15, 0.2) is 30.3 Å². The Morgan fingerprint density at radius 2 is 1.63 bits per heavy atom. The molecule has 3 amide bonds. The second-order valence-corrected chi connectivity index (χ2v) is 10.9. The van der Waals surface area contributed by atoms with Gasteiger partial charge in [0.2, 0.25) is 17.7 Å². The fourth-order valence-corrected chi connectivity index (χ4v) is 6.76. The maximum atomic E-state index is 13.1. The second-order valence-electron chi connectivity index (χ2n) is 8.64. The molecule has 2 heterocycles. The molecule has 30 heavy (non-hydrogen) atoms. The quantitative estimate of drug-likeness (QED) is 0.639. The highest BCUT2D eigenvalue weighted by atomic mass is 32.2. The van der Waals surface area contributed by atoms with Crippen molar-refractivity contribution in [2.45, 2.75) is 51.1 Å². The van der Waals surface area contributed by atoms with Crippen molar-refractivity contribution in [1.82, 2.24) is 9.80 Å². The summed E-state index contributed by atoms with van der Waals surface area (Å²) in [6.07, 6.45) is 3.88. The Bertz CT molecular complexity index is 906. The number of amides is 3. The number of benzene rings is 1. The molecule has 7 nitrogen and oxygen atoms in total. The second kappa shape index (κ2) is 8.49. The molecule has 2 saturated heterocycles. The molecular formula is C22H28N2O5S. The molecule has 8 heteroatoms. The van der Waals surface area contributed by atoms with E-state index in [-0.39, 0.29) is 60.1 Å². The van der Waals surface area contributed by atoms with Crippen molar-refractivity contribution in [1.29, 1.82) is 0 Å². The Morgan fingerprint density at radius 3 is 2.20 bits per heavy atom. The van der Waals surface area contributed by atoms with Gasteiger partial charge in [-0.05, 0) is 24.8 Å². The van der Waals surface area contributed by atoms with Crippen molar-refractivity contribution in [3.8, 4) is 0 Å². The van der Waals surface area contributed by atoms with Crippen LogP contribution in [0.4, 0.5) is 0 Å². The van der Waals surface area contributed by atoms with Gasteiger partial charge >= 0.3 is 0 Å². The van der Waals surface area contributed by atoms with Gasteiger partial charge in [0.25, 0.3) is 0 Å². The smallest absolute Gasteiger partial charge is 0.233 e. The first-order chi connectivity index (χ1) is 14.4.